The van der Waals surface area contributed by atoms with E-state index in [9.17, 15) is 9.90 Å². The molecule has 4 N–H and O–H groups in total. The van der Waals surface area contributed by atoms with E-state index in [4.69, 9.17) is 5.11 Å². The minimum atomic E-state index is -1.13. The fourth-order valence-corrected chi connectivity index (χ4v) is 2.96. The van der Waals surface area contributed by atoms with Gasteiger partial charge in [0.2, 0.25) is 0 Å². The first-order chi connectivity index (χ1) is 12.8. The van der Waals surface area contributed by atoms with Gasteiger partial charge in [0.1, 0.15) is 0 Å². The van der Waals surface area contributed by atoms with Crippen molar-refractivity contribution in [2.75, 3.05) is 6.54 Å². The molecule has 5 nitrogen and oxygen atoms in total. The van der Waals surface area contributed by atoms with Crippen LogP contribution in [0.1, 0.15) is 37.5 Å². The summed E-state index contributed by atoms with van der Waals surface area (Å²) in [5.41, 5.74) is 3.47. The van der Waals surface area contributed by atoms with Crippen molar-refractivity contribution in [1.29, 1.82) is 0 Å². The molecule has 0 bridgehead atoms. The normalized spacial score (nSPS) is 13.8. The molecule has 1 amide bonds. The molecule has 0 radical (unpaired) electrons. The van der Waals surface area contributed by atoms with E-state index >= 15 is 0 Å². The summed E-state index contributed by atoms with van der Waals surface area (Å²) in [5.74, 6) is 0. The third-order valence-corrected chi connectivity index (χ3v) is 4.55. The summed E-state index contributed by atoms with van der Waals surface area (Å²) < 4.78 is 0. The lowest BCUT2D eigenvalue weighted by Gasteiger charge is -2.24. The molecule has 5 heteroatoms. The summed E-state index contributed by atoms with van der Waals surface area (Å²) in [6, 6.07) is 17.4. The van der Waals surface area contributed by atoms with Gasteiger partial charge in [-0.2, -0.15) is 0 Å². The van der Waals surface area contributed by atoms with Crippen LogP contribution < -0.4 is 10.6 Å². The summed E-state index contributed by atoms with van der Waals surface area (Å²) in [7, 11) is 0. The second-order valence-corrected chi connectivity index (χ2v) is 7.89. The Kier molecular flexibility index (Phi) is 7.39. The zero-order chi connectivity index (χ0) is 19.9. The molecule has 0 aliphatic carbocycles. The zero-order valence-corrected chi connectivity index (χ0v) is 16.3. The number of aliphatic hydroxyl groups is 1. The molecule has 0 aromatic heterocycles. The van der Waals surface area contributed by atoms with Crippen molar-refractivity contribution >= 4 is 6.09 Å². The van der Waals surface area contributed by atoms with Crippen molar-refractivity contribution in [3.05, 3.63) is 71.3 Å². The summed E-state index contributed by atoms with van der Waals surface area (Å²) in [6.07, 6.45) is -1.52. The van der Waals surface area contributed by atoms with E-state index in [0.29, 0.717) is 19.5 Å². The maximum absolute atomic E-state index is 11.1. The van der Waals surface area contributed by atoms with E-state index in [0.717, 1.165) is 11.1 Å². The molecule has 0 spiro atoms. The minimum absolute atomic E-state index is 0.0850. The van der Waals surface area contributed by atoms with Crippen LogP contribution in [0, 0.1) is 0 Å². The topological polar surface area (TPSA) is 81.6 Å². The van der Waals surface area contributed by atoms with Crippen LogP contribution in [-0.2, 0) is 18.4 Å². The molecule has 0 fully saturated rings. The highest BCUT2D eigenvalue weighted by molar-refractivity contribution is 5.65. The SMILES string of the molecule is CC(C)(C)c1cccc(CNC[C@H](O)[C@H](Cc2ccccc2)NC(=O)O)c1. The Hall–Kier alpha value is -2.37. The van der Waals surface area contributed by atoms with Gasteiger partial charge >= 0.3 is 6.09 Å². The van der Waals surface area contributed by atoms with E-state index in [-0.39, 0.29) is 5.41 Å². The Morgan fingerprint density at radius 2 is 1.70 bits per heavy atom. The highest BCUT2D eigenvalue weighted by atomic mass is 16.4. The number of rotatable bonds is 8. The quantitative estimate of drug-likeness (QED) is 0.575. The van der Waals surface area contributed by atoms with E-state index in [1.165, 1.54) is 5.56 Å². The Morgan fingerprint density at radius 1 is 1.04 bits per heavy atom. The van der Waals surface area contributed by atoms with Gasteiger partial charge in [-0.05, 0) is 28.5 Å². The molecule has 0 aliphatic rings. The zero-order valence-electron chi connectivity index (χ0n) is 16.3. The maximum Gasteiger partial charge on any atom is 0.404 e. The number of aliphatic hydroxyl groups excluding tert-OH is 1. The van der Waals surface area contributed by atoms with Gasteiger partial charge in [0.05, 0.1) is 12.1 Å². The van der Waals surface area contributed by atoms with Crippen molar-refractivity contribution < 1.29 is 15.0 Å². The highest BCUT2D eigenvalue weighted by Crippen LogP contribution is 2.22. The van der Waals surface area contributed by atoms with Crippen LogP contribution in [0.5, 0.6) is 0 Å². The Morgan fingerprint density at radius 3 is 2.33 bits per heavy atom. The average Bonchev–Trinajstić information content (AvgIpc) is 2.61. The first-order valence-electron chi connectivity index (χ1n) is 9.27. The van der Waals surface area contributed by atoms with Crippen molar-refractivity contribution in [3.63, 3.8) is 0 Å². The molecule has 2 aromatic rings. The van der Waals surface area contributed by atoms with Gasteiger partial charge in [-0.25, -0.2) is 4.79 Å². The van der Waals surface area contributed by atoms with Crippen LogP contribution in [0.3, 0.4) is 0 Å². The van der Waals surface area contributed by atoms with E-state index in [1.807, 2.05) is 42.5 Å². The van der Waals surface area contributed by atoms with Crippen LogP contribution in [0.15, 0.2) is 54.6 Å². The Bertz CT molecular complexity index is 726. The summed E-state index contributed by atoms with van der Waals surface area (Å²) in [4.78, 5) is 11.1. The number of hydrogen-bond acceptors (Lipinski definition) is 3. The largest absolute Gasteiger partial charge is 0.465 e. The van der Waals surface area contributed by atoms with Crippen molar-refractivity contribution in [2.24, 2.45) is 0 Å². The Balaban J connectivity index is 1.93. The van der Waals surface area contributed by atoms with Gasteiger partial charge < -0.3 is 20.8 Å². The molecule has 146 valence electrons. The number of hydrogen-bond donors (Lipinski definition) is 4. The lowest BCUT2D eigenvalue weighted by atomic mass is 9.86. The second kappa shape index (κ2) is 9.53. The van der Waals surface area contributed by atoms with Gasteiger partial charge in [-0.1, -0.05) is 75.4 Å². The molecule has 0 unspecified atom stereocenters. The smallest absolute Gasteiger partial charge is 0.404 e. The molecule has 2 rings (SSSR count). The number of carboxylic acid groups (broad SMARTS) is 1. The molecule has 27 heavy (non-hydrogen) atoms. The van der Waals surface area contributed by atoms with Crippen molar-refractivity contribution in [1.82, 2.24) is 10.6 Å². The Labute approximate surface area is 161 Å². The van der Waals surface area contributed by atoms with Gasteiger partial charge in [0.15, 0.2) is 0 Å². The maximum atomic E-state index is 11.1. The van der Waals surface area contributed by atoms with Crippen LogP contribution >= 0.6 is 0 Å². The molecule has 0 saturated carbocycles. The predicted molar refractivity (Wildman–Crippen MR) is 108 cm³/mol. The number of nitrogens with one attached hydrogen (secondary N) is 2. The molecule has 2 aromatic carbocycles. The van der Waals surface area contributed by atoms with E-state index in [2.05, 4.69) is 43.5 Å². The predicted octanol–water partition coefficient (Wildman–Crippen LogP) is 3.31. The lowest BCUT2D eigenvalue weighted by Crippen LogP contribution is -2.48. The summed E-state index contributed by atoms with van der Waals surface area (Å²) in [6.45, 7) is 7.45. The molecule has 0 aliphatic heterocycles. The molecule has 0 saturated heterocycles. The molecule has 2 atom stereocenters. The van der Waals surface area contributed by atoms with Crippen LogP contribution in [-0.4, -0.2) is 35.0 Å². The monoisotopic (exact) mass is 370 g/mol. The lowest BCUT2D eigenvalue weighted by molar-refractivity contribution is 0.117. The van der Waals surface area contributed by atoms with Crippen LogP contribution in [0.25, 0.3) is 0 Å². The average molecular weight is 370 g/mol. The third kappa shape index (κ3) is 7.04. The molecular weight excluding hydrogens is 340 g/mol. The summed E-state index contributed by atoms with van der Waals surface area (Å²) in [5, 5.41) is 25.2. The van der Waals surface area contributed by atoms with Crippen LogP contribution in [0.2, 0.25) is 0 Å². The molecule has 0 heterocycles. The van der Waals surface area contributed by atoms with Gasteiger partial charge in [-0.3, -0.25) is 0 Å². The van der Waals surface area contributed by atoms with Gasteiger partial charge in [0.25, 0.3) is 0 Å². The van der Waals surface area contributed by atoms with Gasteiger partial charge in [0, 0.05) is 13.1 Å². The first-order valence-corrected chi connectivity index (χ1v) is 9.27. The van der Waals surface area contributed by atoms with E-state index in [1.54, 1.807) is 0 Å². The highest BCUT2D eigenvalue weighted by Gasteiger charge is 2.21. The number of carbonyl (C=O) groups is 1. The van der Waals surface area contributed by atoms with Crippen LogP contribution in [0.4, 0.5) is 4.79 Å². The summed E-state index contributed by atoms with van der Waals surface area (Å²) >= 11 is 0. The number of benzene rings is 2. The van der Waals surface area contributed by atoms with E-state index < -0.39 is 18.2 Å². The van der Waals surface area contributed by atoms with Gasteiger partial charge in [-0.15, -0.1) is 0 Å². The fraction of sp³-hybridized carbons (Fsp3) is 0.409. The minimum Gasteiger partial charge on any atom is -0.465 e. The first kappa shape index (κ1) is 20.9. The standard InChI is InChI=1S/C22H30N2O3/c1-22(2,3)18-11-7-10-17(12-18)14-23-15-20(25)19(24-21(26)27)13-16-8-5-4-6-9-16/h4-12,19-20,23-25H,13-15H2,1-3H3,(H,26,27)/t19-,20-/m0/s1. The third-order valence-electron chi connectivity index (χ3n) is 4.55. The molecular formula is C22H30N2O3. The number of amides is 1. The van der Waals surface area contributed by atoms with Crippen molar-refractivity contribution in [2.45, 2.75) is 51.3 Å². The van der Waals surface area contributed by atoms with Crippen molar-refractivity contribution in [3.8, 4) is 0 Å². The fourth-order valence-electron chi connectivity index (χ4n) is 2.96. The second-order valence-electron chi connectivity index (χ2n) is 7.89.